The molecule has 1 aromatic heterocycles. The van der Waals surface area contributed by atoms with E-state index in [1.165, 1.54) is 0 Å². The molecule has 1 heterocycles. The van der Waals surface area contributed by atoms with Crippen LogP contribution in [0.5, 0.6) is 0 Å². The maximum absolute atomic E-state index is 9.35. The third-order valence-corrected chi connectivity index (χ3v) is 4.07. The molecule has 2 rings (SSSR count). The second-order valence-corrected chi connectivity index (χ2v) is 7.05. The van der Waals surface area contributed by atoms with E-state index >= 15 is 0 Å². The van der Waals surface area contributed by atoms with Crippen LogP contribution >= 0.6 is 34.2 Å². The number of nitrogens with zero attached hydrogens (tertiary/aromatic N) is 2. The molecule has 2 aromatic rings. The van der Waals surface area contributed by atoms with Gasteiger partial charge in [-0.3, -0.25) is 0 Å². The molecule has 0 aliphatic carbocycles. The largest absolute Gasteiger partial charge is 0.240 e. The fraction of sp³-hybridized carbons (Fsp3) is 0.250. The molecular weight excluding hydrogens is 383 g/mol. The van der Waals surface area contributed by atoms with Gasteiger partial charge in [-0.2, -0.15) is 5.26 Å². The van der Waals surface area contributed by atoms with Crippen LogP contribution in [0.4, 0.5) is 0 Å². The fourth-order valence-electron chi connectivity index (χ4n) is 1.98. The molecule has 4 heteroatoms. The van der Waals surface area contributed by atoms with Gasteiger partial charge in [0.05, 0.1) is 11.3 Å². The van der Waals surface area contributed by atoms with Gasteiger partial charge in [0, 0.05) is 10.6 Å². The van der Waals surface area contributed by atoms with Crippen LogP contribution in [0.25, 0.3) is 11.3 Å². The topological polar surface area (TPSA) is 36.7 Å². The fourth-order valence-corrected chi connectivity index (χ4v) is 2.78. The molecule has 0 atom stereocenters. The number of nitriles is 1. The highest BCUT2D eigenvalue weighted by Crippen LogP contribution is 2.31. The summed E-state index contributed by atoms with van der Waals surface area (Å²) in [5, 5.41) is 10.1. The summed E-state index contributed by atoms with van der Waals surface area (Å²) < 4.78 is 0.738. The number of rotatable bonds is 1. The number of halogens is 2. The summed E-state index contributed by atoms with van der Waals surface area (Å²) in [5.41, 5.74) is 3.45. The molecular formula is C16H14ClIN2. The van der Waals surface area contributed by atoms with Gasteiger partial charge in [-0.15, -0.1) is 0 Å². The zero-order chi connectivity index (χ0) is 14.9. The summed E-state index contributed by atoms with van der Waals surface area (Å²) in [4.78, 5) is 4.54. The number of hydrogen-bond donors (Lipinski definition) is 0. The zero-order valence-electron chi connectivity index (χ0n) is 11.5. The van der Waals surface area contributed by atoms with Crippen LogP contribution in [0.3, 0.4) is 0 Å². The Morgan fingerprint density at radius 1 is 1.20 bits per heavy atom. The maximum atomic E-state index is 9.35. The van der Waals surface area contributed by atoms with Gasteiger partial charge in [-0.05, 0) is 51.8 Å². The van der Waals surface area contributed by atoms with Crippen molar-refractivity contribution in [2.75, 3.05) is 0 Å². The maximum Gasteiger partial charge on any atom is 0.120 e. The molecule has 102 valence electrons. The van der Waals surface area contributed by atoms with E-state index in [1.807, 2.05) is 30.3 Å². The Kier molecular flexibility index (Phi) is 4.36. The summed E-state index contributed by atoms with van der Waals surface area (Å²) in [5.74, 6) is 0. The molecule has 20 heavy (non-hydrogen) atoms. The van der Waals surface area contributed by atoms with E-state index in [9.17, 15) is 5.26 Å². The average molecular weight is 397 g/mol. The van der Waals surface area contributed by atoms with Crippen LogP contribution < -0.4 is 0 Å². The number of benzene rings is 1. The Morgan fingerprint density at radius 3 is 2.30 bits per heavy atom. The van der Waals surface area contributed by atoms with Gasteiger partial charge in [0.25, 0.3) is 0 Å². The van der Waals surface area contributed by atoms with Gasteiger partial charge in [0.2, 0.25) is 0 Å². The molecule has 0 saturated carbocycles. The zero-order valence-corrected chi connectivity index (χ0v) is 14.5. The van der Waals surface area contributed by atoms with Crippen molar-refractivity contribution in [2.24, 2.45) is 0 Å². The first-order valence-corrected chi connectivity index (χ1v) is 7.65. The molecule has 0 spiro atoms. The van der Waals surface area contributed by atoms with Gasteiger partial charge in [0.15, 0.2) is 0 Å². The molecule has 0 amide bonds. The van der Waals surface area contributed by atoms with Crippen molar-refractivity contribution in [1.29, 1.82) is 5.26 Å². The van der Waals surface area contributed by atoms with Gasteiger partial charge < -0.3 is 0 Å². The molecule has 0 aliphatic heterocycles. The summed E-state index contributed by atoms with van der Waals surface area (Å²) in [7, 11) is 0. The third-order valence-electron chi connectivity index (χ3n) is 3.04. The van der Waals surface area contributed by atoms with Crippen LogP contribution in [0.2, 0.25) is 5.02 Å². The number of aromatic nitrogens is 1. The molecule has 0 bridgehead atoms. The summed E-state index contributed by atoms with van der Waals surface area (Å²) in [6.45, 7) is 6.31. The van der Waals surface area contributed by atoms with Crippen molar-refractivity contribution < 1.29 is 0 Å². The first kappa shape index (κ1) is 15.3. The van der Waals surface area contributed by atoms with Gasteiger partial charge in [0.1, 0.15) is 9.77 Å². The Bertz CT molecular complexity index is 679. The minimum Gasteiger partial charge on any atom is -0.240 e. The highest BCUT2D eigenvalue weighted by molar-refractivity contribution is 14.1. The van der Waals surface area contributed by atoms with Crippen molar-refractivity contribution in [1.82, 2.24) is 4.98 Å². The SMILES string of the molecule is CC(C)(C)c1cc(-c2ccc(Cl)cc2)nc(I)c1C#N. The summed E-state index contributed by atoms with van der Waals surface area (Å²) in [6.07, 6.45) is 0. The quantitative estimate of drug-likeness (QED) is 0.492. The van der Waals surface area contributed by atoms with E-state index in [0.717, 1.165) is 20.5 Å². The minimum atomic E-state index is -0.102. The Labute approximate surface area is 137 Å². The lowest BCUT2D eigenvalue weighted by atomic mass is 9.84. The van der Waals surface area contributed by atoms with E-state index in [4.69, 9.17) is 11.6 Å². The smallest absolute Gasteiger partial charge is 0.120 e. The lowest BCUT2D eigenvalue weighted by Crippen LogP contribution is -2.15. The monoisotopic (exact) mass is 396 g/mol. The first-order chi connectivity index (χ1) is 9.32. The van der Waals surface area contributed by atoms with Crippen molar-refractivity contribution in [3.8, 4) is 17.3 Å². The van der Waals surface area contributed by atoms with E-state index in [1.54, 1.807) is 0 Å². The average Bonchev–Trinajstić information content (AvgIpc) is 2.37. The van der Waals surface area contributed by atoms with Crippen LogP contribution in [-0.4, -0.2) is 4.98 Å². The van der Waals surface area contributed by atoms with Crippen LogP contribution in [0, 0.1) is 15.0 Å². The van der Waals surface area contributed by atoms with Gasteiger partial charge in [-0.1, -0.05) is 44.5 Å². The van der Waals surface area contributed by atoms with Crippen LogP contribution in [-0.2, 0) is 5.41 Å². The predicted octanol–water partition coefficient (Wildman–Crippen LogP) is 5.18. The van der Waals surface area contributed by atoms with Crippen molar-refractivity contribution in [3.63, 3.8) is 0 Å². The van der Waals surface area contributed by atoms with E-state index in [2.05, 4.69) is 54.4 Å². The summed E-state index contributed by atoms with van der Waals surface area (Å²) >= 11 is 8.04. The Balaban J connectivity index is 2.66. The van der Waals surface area contributed by atoms with Crippen molar-refractivity contribution >= 4 is 34.2 Å². The van der Waals surface area contributed by atoms with E-state index < -0.39 is 0 Å². The highest BCUT2D eigenvalue weighted by Gasteiger charge is 2.22. The van der Waals surface area contributed by atoms with Crippen LogP contribution in [0.15, 0.2) is 30.3 Å². The molecule has 0 N–H and O–H groups in total. The van der Waals surface area contributed by atoms with Gasteiger partial charge >= 0.3 is 0 Å². The third kappa shape index (κ3) is 3.13. The molecule has 0 unspecified atom stereocenters. The van der Waals surface area contributed by atoms with Crippen molar-refractivity contribution in [3.05, 3.63) is 50.2 Å². The molecule has 0 fully saturated rings. The normalized spacial score (nSPS) is 11.2. The number of hydrogen-bond acceptors (Lipinski definition) is 2. The van der Waals surface area contributed by atoms with E-state index in [-0.39, 0.29) is 5.41 Å². The van der Waals surface area contributed by atoms with E-state index in [0.29, 0.717) is 10.6 Å². The minimum absolute atomic E-state index is 0.102. The second kappa shape index (κ2) is 5.71. The Hall–Kier alpha value is -1.12. The standard InChI is InChI=1S/C16H14ClIN2/c1-16(2,3)13-8-14(20-15(18)12(13)9-19)10-4-6-11(17)7-5-10/h4-8H,1-3H3. The molecule has 2 nitrogen and oxygen atoms in total. The lowest BCUT2D eigenvalue weighted by molar-refractivity contribution is 0.587. The van der Waals surface area contributed by atoms with Gasteiger partial charge in [-0.25, -0.2) is 4.98 Å². The molecule has 0 aliphatic rings. The Morgan fingerprint density at radius 2 is 1.80 bits per heavy atom. The molecule has 1 aromatic carbocycles. The number of pyridine rings is 1. The van der Waals surface area contributed by atoms with Crippen molar-refractivity contribution in [2.45, 2.75) is 26.2 Å². The first-order valence-electron chi connectivity index (χ1n) is 6.20. The molecule has 0 saturated heterocycles. The lowest BCUT2D eigenvalue weighted by Gasteiger charge is -2.22. The summed E-state index contributed by atoms with van der Waals surface area (Å²) in [6, 6.07) is 11.9. The van der Waals surface area contributed by atoms with Crippen LogP contribution in [0.1, 0.15) is 31.9 Å². The molecule has 0 radical (unpaired) electrons. The second-order valence-electron chi connectivity index (χ2n) is 5.59. The predicted molar refractivity (Wildman–Crippen MR) is 90.8 cm³/mol. The highest BCUT2D eigenvalue weighted by atomic mass is 127.